The average molecular weight is 692 g/mol. The third-order valence-electron chi connectivity index (χ3n) is 3.46. The Bertz CT molecular complexity index is 794. The van der Waals surface area contributed by atoms with E-state index in [-0.39, 0.29) is 21.1 Å². The Kier molecular flexibility index (Phi) is 11.2. The molecule has 0 aliphatic carbocycles. The van der Waals surface area contributed by atoms with Gasteiger partial charge in [-0.3, -0.25) is 18.7 Å². The van der Waals surface area contributed by atoms with Gasteiger partial charge in [0.25, 0.3) is 0 Å². The van der Waals surface area contributed by atoms with Crippen LogP contribution < -0.4 is 20.0 Å². The van der Waals surface area contributed by atoms with Crippen molar-refractivity contribution in [1.29, 1.82) is 0 Å². The SMILES string of the molecule is CN(C)n1c([S-])c([S-])n(N(C)C)c1=S.CN(C)n1c([S-])c([S-])n(N(C)C)c1=S.[Pt+4]. The number of hydrogen-bond acceptors (Lipinski definition) is 10. The van der Waals surface area contributed by atoms with Crippen LogP contribution in [0, 0.1) is 9.54 Å². The standard InChI is InChI=1S/2C7H14N4S3.Pt/c2*1-8(2)10-5(12)6(13)11(7(10)14)9(3)4;/h2*12-13H,1-4H3;/q;;+4/p-4. The van der Waals surface area contributed by atoms with E-state index in [0.717, 1.165) is 0 Å². The van der Waals surface area contributed by atoms with Gasteiger partial charge in [-0.05, 0) is 24.4 Å². The first kappa shape index (κ1) is 28.6. The van der Waals surface area contributed by atoms with Crippen molar-refractivity contribution in [3.63, 3.8) is 0 Å². The van der Waals surface area contributed by atoms with Crippen LogP contribution in [0.2, 0.25) is 0 Å². The molecule has 0 aliphatic heterocycles. The van der Waals surface area contributed by atoms with E-state index in [0.29, 0.717) is 29.6 Å². The van der Waals surface area contributed by atoms with E-state index in [2.05, 4.69) is 0 Å². The molecule has 2 aromatic heterocycles. The maximum atomic E-state index is 5.26. The molecule has 0 bridgehead atoms. The second-order valence-electron chi connectivity index (χ2n) is 6.42. The summed E-state index contributed by atoms with van der Waals surface area (Å²) in [5.41, 5.74) is 0. The predicted molar refractivity (Wildman–Crippen MR) is 129 cm³/mol. The minimum atomic E-state index is 0. The average Bonchev–Trinajstić information content (AvgIpc) is 2.90. The fourth-order valence-electron chi connectivity index (χ4n) is 2.30. The third-order valence-corrected chi connectivity index (χ3v) is 5.88. The van der Waals surface area contributed by atoms with Crippen molar-refractivity contribution in [2.75, 3.05) is 76.4 Å². The maximum Gasteiger partial charge on any atom is 4.00 e. The molecule has 15 heteroatoms. The molecule has 0 aromatic carbocycles. The van der Waals surface area contributed by atoms with Gasteiger partial charge in [-0.1, -0.05) is 20.1 Å². The van der Waals surface area contributed by atoms with Crippen LogP contribution in [-0.2, 0) is 71.6 Å². The molecular formula is C14H24N8PtS6. The molecule has 0 atom stereocenters. The van der Waals surface area contributed by atoms with Crippen LogP contribution in [0.5, 0.6) is 0 Å². The molecule has 2 heterocycles. The van der Waals surface area contributed by atoms with Crippen molar-refractivity contribution in [3.05, 3.63) is 9.54 Å². The second kappa shape index (κ2) is 11.3. The number of aromatic nitrogens is 4. The summed E-state index contributed by atoms with van der Waals surface area (Å²) < 4.78 is 8.10. The van der Waals surface area contributed by atoms with Crippen molar-refractivity contribution < 1.29 is 21.1 Å². The topological polar surface area (TPSA) is 32.7 Å². The van der Waals surface area contributed by atoms with E-state index in [1.807, 2.05) is 76.4 Å². The van der Waals surface area contributed by atoms with Crippen LogP contribution >= 0.6 is 24.4 Å². The normalized spacial score (nSPS) is 9.93. The predicted octanol–water partition coefficient (Wildman–Crippen LogP) is 0.449. The maximum absolute atomic E-state index is 5.26. The number of hydrogen-bond donors (Lipinski definition) is 0. The van der Waals surface area contributed by atoms with Gasteiger partial charge in [0.05, 0.1) is 0 Å². The molecule has 166 valence electrons. The molecule has 0 spiro atoms. The van der Waals surface area contributed by atoms with E-state index in [4.69, 9.17) is 75.0 Å². The molecule has 0 saturated carbocycles. The Hall–Kier alpha value is -0.372. The van der Waals surface area contributed by atoms with Crippen molar-refractivity contribution in [2.45, 2.75) is 20.1 Å². The van der Waals surface area contributed by atoms with Crippen LogP contribution in [0.1, 0.15) is 0 Å². The van der Waals surface area contributed by atoms with Crippen LogP contribution in [0.15, 0.2) is 20.1 Å². The summed E-state index contributed by atoms with van der Waals surface area (Å²) >= 11 is 31.3. The van der Waals surface area contributed by atoms with Gasteiger partial charge in [0.15, 0.2) is 0 Å². The van der Waals surface area contributed by atoms with E-state index in [1.165, 1.54) is 0 Å². The zero-order valence-corrected chi connectivity index (χ0v) is 24.5. The molecule has 29 heavy (non-hydrogen) atoms. The number of imidazole rings is 2. The van der Waals surface area contributed by atoms with Crippen LogP contribution in [-0.4, -0.2) is 75.1 Å². The zero-order chi connectivity index (χ0) is 22.1. The molecule has 0 amide bonds. The van der Waals surface area contributed by atoms with Crippen molar-refractivity contribution in [1.82, 2.24) is 18.7 Å². The fraction of sp³-hybridized carbons (Fsp3) is 0.571. The van der Waals surface area contributed by atoms with Gasteiger partial charge < -0.3 is 70.6 Å². The first-order valence-electron chi connectivity index (χ1n) is 7.89. The van der Waals surface area contributed by atoms with Gasteiger partial charge in [-0.2, -0.15) is 0 Å². The van der Waals surface area contributed by atoms with Crippen molar-refractivity contribution in [2.24, 2.45) is 0 Å². The summed E-state index contributed by atoms with van der Waals surface area (Å²) in [5, 5.41) is 9.57. The van der Waals surface area contributed by atoms with Gasteiger partial charge in [-0.25, -0.2) is 0 Å². The molecule has 0 N–H and O–H groups in total. The first-order chi connectivity index (χ1) is 12.7. The van der Waals surface area contributed by atoms with Gasteiger partial charge in [-0.15, -0.1) is 0 Å². The summed E-state index contributed by atoms with van der Waals surface area (Å²) in [6.45, 7) is 0. The summed E-state index contributed by atoms with van der Waals surface area (Å²) in [5.74, 6) is 0. The van der Waals surface area contributed by atoms with Crippen LogP contribution in [0.25, 0.3) is 0 Å². The fourth-order valence-corrected chi connectivity index (χ4v) is 4.89. The van der Waals surface area contributed by atoms with Crippen molar-refractivity contribution in [3.8, 4) is 0 Å². The molecule has 0 radical (unpaired) electrons. The summed E-state index contributed by atoms with van der Waals surface area (Å²) in [6.07, 6.45) is 0. The second-order valence-corrected chi connectivity index (χ2v) is 8.70. The van der Waals surface area contributed by atoms with E-state index < -0.39 is 0 Å². The largest absolute Gasteiger partial charge is 4.00 e. The summed E-state index contributed by atoms with van der Waals surface area (Å²) in [7, 11) is 15.0. The van der Waals surface area contributed by atoms with Crippen LogP contribution in [0.3, 0.4) is 0 Å². The number of rotatable bonds is 4. The molecule has 2 rings (SSSR count). The quantitative estimate of drug-likeness (QED) is 0.333. The minimum absolute atomic E-state index is 0. The first-order valence-corrected chi connectivity index (χ1v) is 10.3. The van der Waals surface area contributed by atoms with Gasteiger partial charge in [0.2, 0.25) is 9.54 Å². The van der Waals surface area contributed by atoms with Crippen LogP contribution in [0.4, 0.5) is 0 Å². The Morgan fingerprint density at radius 3 is 0.690 bits per heavy atom. The summed E-state index contributed by atoms with van der Waals surface area (Å²) in [6, 6.07) is 0. The minimum Gasteiger partial charge on any atom is -0.760 e. The molecule has 0 unspecified atom stereocenters. The Morgan fingerprint density at radius 1 is 0.483 bits per heavy atom. The molecule has 8 nitrogen and oxygen atoms in total. The number of nitrogens with zero attached hydrogens (tertiary/aromatic N) is 8. The molecule has 0 saturated heterocycles. The zero-order valence-electron chi connectivity index (χ0n) is 17.3. The third kappa shape index (κ3) is 5.86. The molecule has 0 aliphatic rings. The molecular weight excluding hydrogens is 668 g/mol. The molecule has 2 aromatic rings. The van der Waals surface area contributed by atoms with E-state index >= 15 is 0 Å². The Morgan fingerprint density at radius 2 is 0.621 bits per heavy atom. The van der Waals surface area contributed by atoms with E-state index in [1.54, 1.807) is 18.7 Å². The van der Waals surface area contributed by atoms with E-state index in [9.17, 15) is 0 Å². The van der Waals surface area contributed by atoms with Gasteiger partial charge >= 0.3 is 21.1 Å². The Labute approximate surface area is 219 Å². The Balaban J connectivity index is 0.000000523. The van der Waals surface area contributed by atoms with Crippen molar-refractivity contribution >= 4 is 75.0 Å². The van der Waals surface area contributed by atoms with Gasteiger partial charge in [0.1, 0.15) is 0 Å². The molecule has 0 fully saturated rings. The summed E-state index contributed by atoms with van der Waals surface area (Å²) in [4.78, 5) is 0. The monoisotopic (exact) mass is 691 g/mol. The smallest absolute Gasteiger partial charge is 0.760 e. The van der Waals surface area contributed by atoms with Gasteiger partial charge in [0, 0.05) is 56.4 Å².